The Labute approximate surface area is 109 Å². The molecule has 2 heterocycles. The van der Waals surface area contributed by atoms with Gasteiger partial charge in [-0.3, -0.25) is 0 Å². The van der Waals surface area contributed by atoms with Crippen molar-refractivity contribution in [3.05, 3.63) is 9.26 Å². The molecule has 1 aliphatic heterocycles. The molecule has 0 radical (unpaired) electrons. The summed E-state index contributed by atoms with van der Waals surface area (Å²) < 4.78 is 6.40. The van der Waals surface area contributed by atoms with E-state index in [0.29, 0.717) is 0 Å². The quantitative estimate of drug-likeness (QED) is 0.826. The van der Waals surface area contributed by atoms with E-state index in [1.54, 1.807) is 0 Å². The highest BCUT2D eigenvalue weighted by Crippen LogP contribution is 2.21. The molecule has 6 heteroatoms. The van der Waals surface area contributed by atoms with Gasteiger partial charge in [0, 0.05) is 20.1 Å². The summed E-state index contributed by atoms with van der Waals surface area (Å²) >= 11 is 2.26. The van der Waals surface area contributed by atoms with Crippen LogP contribution in [0.2, 0.25) is 0 Å². The van der Waals surface area contributed by atoms with Gasteiger partial charge >= 0.3 is 0 Å². The summed E-state index contributed by atoms with van der Waals surface area (Å²) in [6, 6.07) is 0. The van der Waals surface area contributed by atoms with Crippen LogP contribution in [0.3, 0.4) is 0 Å². The third-order valence-corrected chi connectivity index (χ3v) is 3.83. The largest absolute Gasteiger partial charge is 0.378 e. The van der Waals surface area contributed by atoms with E-state index < -0.39 is 0 Å². The van der Waals surface area contributed by atoms with Crippen molar-refractivity contribution in [2.45, 2.75) is 6.92 Å². The van der Waals surface area contributed by atoms with E-state index in [1.165, 1.54) is 0 Å². The molecule has 1 aromatic rings. The molecule has 1 saturated heterocycles. The first kappa shape index (κ1) is 11.8. The highest BCUT2D eigenvalue weighted by Gasteiger charge is 2.16. The van der Waals surface area contributed by atoms with Crippen LogP contribution in [0, 0.1) is 10.5 Å². The van der Waals surface area contributed by atoms with Gasteiger partial charge in [-0.05, 0) is 29.5 Å². The molecule has 0 spiro atoms. The lowest BCUT2D eigenvalue weighted by atomic mass is 10.4. The lowest BCUT2D eigenvalue weighted by Crippen LogP contribution is -2.37. The van der Waals surface area contributed by atoms with Crippen molar-refractivity contribution < 1.29 is 4.74 Å². The van der Waals surface area contributed by atoms with Crippen molar-refractivity contribution in [1.29, 1.82) is 0 Å². The van der Waals surface area contributed by atoms with E-state index in [1.807, 2.05) is 14.0 Å². The maximum absolute atomic E-state index is 5.32. The molecule has 1 N–H and O–H groups in total. The fraction of sp³-hybridized carbons (Fsp3) is 0.600. The van der Waals surface area contributed by atoms with Crippen molar-refractivity contribution in [3.63, 3.8) is 0 Å². The Morgan fingerprint density at radius 2 is 2.00 bits per heavy atom. The summed E-state index contributed by atoms with van der Waals surface area (Å²) in [4.78, 5) is 11.2. The van der Waals surface area contributed by atoms with Crippen LogP contribution in [0.15, 0.2) is 0 Å². The van der Waals surface area contributed by atoms with E-state index in [-0.39, 0.29) is 0 Å². The van der Waals surface area contributed by atoms with Gasteiger partial charge in [0.05, 0.1) is 22.5 Å². The van der Waals surface area contributed by atoms with Crippen LogP contribution < -0.4 is 10.2 Å². The van der Waals surface area contributed by atoms with Crippen LogP contribution in [0.25, 0.3) is 0 Å². The number of anilines is 2. The minimum Gasteiger partial charge on any atom is -0.378 e. The summed E-state index contributed by atoms with van der Waals surface area (Å²) in [7, 11) is 1.88. The fourth-order valence-electron chi connectivity index (χ4n) is 1.61. The van der Waals surface area contributed by atoms with Gasteiger partial charge in [0.2, 0.25) is 5.95 Å². The molecule has 1 fully saturated rings. The number of aryl methyl sites for hydroxylation is 1. The predicted molar refractivity (Wildman–Crippen MR) is 72.1 cm³/mol. The van der Waals surface area contributed by atoms with Gasteiger partial charge in [0.1, 0.15) is 5.82 Å². The molecule has 2 rings (SSSR count). The average molecular weight is 334 g/mol. The minimum atomic E-state index is 0.753. The molecule has 0 amide bonds. The number of ether oxygens (including phenoxy) is 1. The van der Waals surface area contributed by atoms with Crippen molar-refractivity contribution in [2.24, 2.45) is 0 Å². The molecule has 0 saturated carbocycles. The Morgan fingerprint density at radius 3 is 2.62 bits per heavy atom. The molecule has 0 aliphatic carbocycles. The second-order valence-corrected chi connectivity index (χ2v) is 4.70. The van der Waals surface area contributed by atoms with E-state index in [2.05, 4.69) is 42.8 Å². The molecule has 1 aromatic heterocycles. The number of morpholine rings is 1. The predicted octanol–water partition coefficient (Wildman–Crippen LogP) is 1.27. The van der Waals surface area contributed by atoms with Gasteiger partial charge in [-0.2, -0.15) is 4.98 Å². The zero-order chi connectivity index (χ0) is 11.5. The van der Waals surface area contributed by atoms with Crippen LogP contribution in [0.4, 0.5) is 11.8 Å². The summed E-state index contributed by atoms with van der Waals surface area (Å²) in [5, 5.41) is 3.10. The first-order valence-corrected chi connectivity index (χ1v) is 6.35. The monoisotopic (exact) mass is 334 g/mol. The van der Waals surface area contributed by atoms with Crippen LogP contribution in [-0.2, 0) is 4.74 Å². The lowest BCUT2D eigenvalue weighted by Gasteiger charge is -2.27. The average Bonchev–Trinajstić information content (AvgIpc) is 2.33. The molecule has 16 heavy (non-hydrogen) atoms. The number of hydrogen-bond donors (Lipinski definition) is 1. The van der Waals surface area contributed by atoms with Gasteiger partial charge in [0.25, 0.3) is 0 Å². The maximum atomic E-state index is 5.32. The Balaban J connectivity index is 2.29. The fourth-order valence-corrected chi connectivity index (χ4v) is 2.13. The summed E-state index contributed by atoms with van der Waals surface area (Å²) in [6.45, 7) is 5.24. The van der Waals surface area contributed by atoms with Gasteiger partial charge < -0.3 is 15.0 Å². The van der Waals surface area contributed by atoms with Gasteiger partial charge in [-0.1, -0.05) is 0 Å². The number of nitrogens with one attached hydrogen (secondary N) is 1. The van der Waals surface area contributed by atoms with Crippen LogP contribution in [0.5, 0.6) is 0 Å². The number of halogens is 1. The maximum Gasteiger partial charge on any atom is 0.227 e. The molecule has 5 nitrogen and oxygen atoms in total. The SMILES string of the molecule is CNc1nc(N2CCOCC2)nc(C)c1I. The van der Waals surface area contributed by atoms with Gasteiger partial charge in [0.15, 0.2) is 0 Å². The molecule has 0 aromatic carbocycles. The van der Waals surface area contributed by atoms with Crippen LogP contribution in [-0.4, -0.2) is 43.3 Å². The number of aromatic nitrogens is 2. The molecular weight excluding hydrogens is 319 g/mol. The molecule has 1 aliphatic rings. The molecular formula is C10H15IN4O. The normalized spacial score (nSPS) is 16.3. The van der Waals surface area contributed by atoms with Crippen molar-refractivity contribution >= 4 is 34.4 Å². The first-order chi connectivity index (χ1) is 7.72. The van der Waals surface area contributed by atoms with Crippen molar-refractivity contribution in [3.8, 4) is 0 Å². The molecule has 0 atom stereocenters. The van der Waals surface area contributed by atoms with E-state index in [0.717, 1.165) is 47.3 Å². The Hall–Kier alpha value is -0.630. The lowest BCUT2D eigenvalue weighted by molar-refractivity contribution is 0.122. The number of nitrogens with zero attached hydrogens (tertiary/aromatic N) is 3. The Morgan fingerprint density at radius 1 is 1.31 bits per heavy atom. The first-order valence-electron chi connectivity index (χ1n) is 5.27. The van der Waals surface area contributed by atoms with Crippen molar-refractivity contribution in [1.82, 2.24) is 9.97 Å². The van der Waals surface area contributed by atoms with E-state index in [9.17, 15) is 0 Å². The topological polar surface area (TPSA) is 50.3 Å². The second-order valence-electron chi connectivity index (χ2n) is 3.62. The number of hydrogen-bond acceptors (Lipinski definition) is 5. The van der Waals surface area contributed by atoms with Gasteiger partial charge in [-0.15, -0.1) is 0 Å². The molecule has 88 valence electrons. The van der Waals surface area contributed by atoms with Crippen LogP contribution >= 0.6 is 22.6 Å². The zero-order valence-electron chi connectivity index (χ0n) is 9.46. The minimum absolute atomic E-state index is 0.753. The number of rotatable bonds is 2. The highest BCUT2D eigenvalue weighted by atomic mass is 127. The zero-order valence-corrected chi connectivity index (χ0v) is 11.6. The second kappa shape index (κ2) is 5.13. The summed E-state index contributed by atoms with van der Waals surface area (Å²) in [5.41, 5.74) is 1.02. The third-order valence-electron chi connectivity index (χ3n) is 2.54. The standard InChI is InChI=1S/C10H15IN4O/c1-7-8(11)9(12-2)14-10(13-7)15-3-5-16-6-4-15/h3-6H2,1-2H3,(H,12,13,14). The van der Waals surface area contributed by atoms with E-state index >= 15 is 0 Å². The van der Waals surface area contributed by atoms with Crippen molar-refractivity contribution in [2.75, 3.05) is 43.6 Å². The van der Waals surface area contributed by atoms with E-state index in [4.69, 9.17) is 4.74 Å². The smallest absolute Gasteiger partial charge is 0.227 e. The third kappa shape index (κ3) is 2.37. The molecule has 0 unspecified atom stereocenters. The summed E-state index contributed by atoms with van der Waals surface area (Å²) in [5.74, 6) is 1.69. The molecule has 0 bridgehead atoms. The Bertz CT molecular complexity index is 379. The van der Waals surface area contributed by atoms with Gasteiger partial charge in [-0.25, -0.2) is 4.98 Å². The Kier molecular flexibility index (Phi) is 3.80. The van der Waals surface area contributed by atoms with Crippen LogP contribution in [0.1, 0.15) is 5.69 Å². The summed E-state index contributed by atoms with van der Waals surface area (Å²) in [6.07, 6.45) is 0. The highest BCUT2D eigenvalue weighted by molar-refractivity contribution is 14.1.